The van der Waals surface area contributed by atoms with E-state index in [0.29, 0.717) is 22.5 Å². The van der Waals surface area contributed by atoms with E-state index in [1.165, 1.54) is 12.1 Å². The standard InChI is InChI=1S/C25H26N6O4S2/c1-36(26)20-7-5-6-19(14-20)28-25-27-15-22(24(30-25)29-23(33)16-32)17-10-12-18(13-11-17)31-37(34,35)21-8-3-2-4-9-21/h2-15,23,26,31-33H,16H2,1H3,(H2,27,28,29,30)/t23-,36?/m1/s1. The first-order chi connectivity index (χ1) is 17.7. The third-order valence-corrected chi connectivity index (χ3v) is 7.57. The number of aliphatic hydroxyl groups excluding tert-OH is 2. The Labute approximate surface area is 217 Å². The molecule has 0 aliphatic heterocycles. The zero-order chi connectivity index (χ0) is 26.4. The fourth-order valence-electron chi connectivity index (χ4n) is 3.39. The lowest BCUT2D eigenvalue weighted by Gasteiger charge is -2.16. The van der Waals surface area contributed by atoms with Gasteiger partial charge in [-0.2, -0.15) is 4.98 Å². The summed E-state index contributed by atoms with van der Waals surface area (Å²) in [7, 11) is -4.39. The van der Waals surface area contributed by atoms with E-state index in [1.807, 2.05) is 24.3 Å². The Hall–Kier alpha value is -3.84. The van der Waals surface area contributed by atoms with Gasteiger partial charge in [0.05, 0.1) is 11.5 Å². The van der Waals surface area contributed by atoms with Gasteiger partial charge in [0.2, 0.25) is 5.95 Å². The van der Waals surface area contributed by atoms with E-state index in [-0.39, 0.29) is 16.7 Å². The molecule has 4 rings (SSSR count). The van der Waals surface area contributed by atoms with Crippen LogP contribution in [-0.4, -0.2) is 47.7 Å². The third-order valence-electron chi connectivity index (χ3n) is 5.21. The van der Waals surface area contributed by atoms with E-state index in [1.54, 1.807) is 54.9 Å². The summed E-state index contributed by atoms with van der Waals surface area (Å²) in [5.74, 6) is 0.519. The Balaban J connectivity index is 1.60. The normalized spacial score (nSPS) is 12.9. The molecule has 0 saturated heterocycles. The highest BCUT2D eigenvalue weighted by atomic mass is 32.2. The van der Waals surface area contributed by atoms with Gasteiger partial charge in [0.25, 0.3) is 10.0 Å². The molecule has 0 radical (unpaired) electrons. The molecule has 192 valence electrons. The van der Waals surface area contributed by atoms with Gasteiger partial charge in [0.1, 0.15) is 12.0 Å². The van der Waals surface area contributed by atoms with E-state index >= 15 is 0 Å². The average Bonchev–Trinajstić information content (AvgIpc) is 2.90. The van der Waals surface area contributed by atoms with E-state index in [9.17, 15) is 18.6 Å². The number of benzene rings is 3. The lowest BCUT2D eigenvalue weighted by molar-refractivity contribution is 0.116. The fraction of sp³-hybridized carbons (Fsp3) is 0.120. The predicted molar refractivity (Wildman–Crippen MR) is 145 cm³/mol. The molecule has 1 heterocycles. The maximum Gasteiger partial charge on any atom is 0.261 e. The van der Waals surface area contributed by atoms with Crippen LogP contribution >= 0.6 is 0 Å². The van der Waals surface area contributed by atoms with Crippen molar-refractivity contribution in [2.24, 2.45) is 0 Å². The molecule has 0 aliphatic carbocycles. The lowest BCUT2D eigenvalue weighted by Crippen LogP contribution is -2.24. The van der Waals surface area contributed by atoms with Crippen molar-refractivity contribution in [3.63, 3.8) is 0 Å². The molecule has 0 amide bonds. The minimum absolute atomic E-state index is 0.156. The molecule has 3 aromatic carbocycles. The molecule has 2 atom stereocenters. The predicted octanol–water partition coefficient (Wildman–Crippen LogP) is 3.78. The fourth-order valence-corrected chi connectivity index (χ4v) is 5.06. The van der Waals surface area contributed by atoms with E-state index in [4.69, 9.17) is 4.78 Å². The molecule has 0 aliphatic rings. The second kappa shape index (κ2) is 11.5. The van der Waals surface area contributed by atoms with E-state index in [0.717, 1.165) is 4.90 Å². The molecule has 37 heavy (non-hydrogen) atoms. The lowest BCUT2D eigenvalue weighted by atomic mass is 10.1. The van der Waals surface area contributed by atoms with Crippen LogP contribution < -0.4 is 15.4 Å². The van der Waals surface area contributed by atoms with Gasteiger partial charge >= 0.3 is 0 Å². The average molecular weight is 539 g/mol. The van der Waals surface area contributed by atoms with Gasteiger partial charge in [-0.1, -0.05) is 47.1 Å². The Morgan fingerprint density at radius 1 is 1.00 bits per heavy atom. The molecule has 6 N–H and O–H groups in total. The van der Waals surface area contributed by atoms with Gasteiger partial charge in [0, 0.05) is 28.0 Å². The summed E-state index contributed by atoms with van der Waals surface area (Å²) in [6, 6.07) is 22.1. The van der Waals surface area contributed by atoms with Crippen LogP contribution in [0.4, 0.5) is 23.1 Å². The summed E-state index contributed by atoms with van der Waals surface area (Å²) in [6.45, 7) is -0.531. The Morgan fingerprint density at radius 2 is 1.73 bits per heavy atom. The smallest absolute Gasteiger partial charge is 0.261 e. The maximum atomic E-state index is 12.6. The molecule has 4 aromatic rings. The zero-order valence-electron chi connectivity index (χ0n) is 19.8. The number of anilines is 4. The number of rotatable bonds is 10. The summed E-state index contributed by atoms with van der Waals surface area (Å²) in [5, 5.41) is 25.2. The Kier molecular flexibility index (Phi) is 8.14. The van der Waals surface area contributed by atoms with Crippen LogP contribution in [0.3, 0.4) is 0 Å². The first-order valence-electron chi connectivity index (χ1n) is 11.1. The minimum atomic E-state index is -3.73. The van der Waals surface area contributed by atoms with Gasteiger partial charge in [-0.3, -0.25) is 9.50 Å². The van der Waals surface area contributed by atoms with Crippen molar-refractivity contribution in [1.29, 1.82) is 4.78 Å². The van der Waals surface area contributed by atoms with Crippen LogP contribution in [0.2, 0.25) is 0 Å². The molecular weight excluding hydrogens is 512 g/mol. The Bertz CT molecular complexity index is 1500. The second-order valence-corrected chi connectivity index (χ2v) is 11.1. The number of nitrogens with one attached hydrogen (secondary N) is 4. The molecule has 12 heteroatoms. The number of aliphatic hydroxyl groups is 2. The number of sulfonamides is 1. The van der Waals surface area contributed by atoms with Gasteiger partial charge < -0.3 is 20.8 Å². The van der Waals surface area contributed by atoms with Gasteiger partial charge in [-0.05, 0) is 54.3 Å². The first-order valence-corrected chi connectivity index (χ1v) is 14.2. The molecule has 1 unspecified atom stereocenters. The highest BCUT2D eigenvalue weighted by Crippen LogP contribution is 2.29. The van der Waals surface area contributed by atoms with Crippen LogP contribution in [0.15, 0.2) is 94.9 Å². The van der Waals surface area contributed by atoms with Crippen molar-refractivity contribution in [2.75, 3.05) is 28.2 Å². The number of hydrogen-bond acceptors (Lipinski definition) is 9. The van der Waals surface area contributed by atoms with Crippen molar-refractivity contribution < 1.29 is 18.6 Å². The monoisotopic (exact) mass is 538 g/mol. The van der Waals surface area contributed by atoms with Crippen molar-refractivity contribution in [3.8, 4) is 11.1 Å². The van der Waals surface area contributed by atoms with Gasteiger partial charge in [0.15, 0.2) is 0 Å². The maximum absolute atomic E-state index is 12.6. The summed E-state index contributed by atoms with van der Waals surface area (Å²) in [6.07, 6.45) is 2.11. The molecule has 10 nitrogen and oxygen atoms in total. The number of hydrogen-bond donors (Lipinski definition) is 6. The van der Waals surface area contributed by atoms with Gasteiger partial charge in [-0.25, -0.2) is 13.4 Å². The molecule has 0 bridgehead atoms. The highest BCUT2D eigenvalue weighted by Gasteiger charge is 2.16. The van der Waals surface area contributed by atoms with E-state index < -0.39 is 33.5 Å². The highest BCUT2D eigenvalue weighted by molar-refractivity contribution is 7.92. The van der Waals surface area contributed by atoms with Crippen molar-refractivity contribution in [2.45, 2.75) is 16.0 Å². The zero-order valence-corrected chi connectivity index (χ0v) is 21.4. The van der Waals surface area contributed by atoms with Crippen LogP contribution in [0, 0.1) is 4.78 Å². The van der Waals surface area contributed by atoms with Crippen molar-refractivity contribution in [3.05, 3.63) is 85.1 Å². The molecule has 0 saturated carbocycles. The molecule has 0 spiro atoms. The SMILES string of the molecule is CS(=N)c1cccc(Nc2ncc(-c3ccc(NS(=O)(=O)c4ccccc4)cc3)c(N[C@H](O)CO)n2)c1. The molecule has 0 fully saturated rings. The van der Waals surface area contributed by atoms with Crippen molar-refractivity contribution >= 4 is 43.9 Å². The number of nitrogens with zero attached hydrogens (tertiary/aromatic N) is 2. The summed E-state index contributed by atoms with van der Waals surface area (Å²) in [5.41, 5.74) is 2.28. The van der Waals surface area contributed by atoms with Crippen LogP contribution in [0.1, 0.15) is 0 Å². The summed E-state index contributed by atoms with van der Waals surface area (Å²) >= 11 is 0. The first kappa shape index (κ1) is 26.2. The molecule has 1 aromatic heterocycles. The Morgan fingerprint density at radius 3 is 2.41 bits per heavy atom. The topological polar surface area (TPSA) is 160 Å². The van der Waals surface area contributed by atoms with Crippen molar-refractivity contribution in [1.82, 2.24) is 9.97 Å². The third kappa shape index (κ3) is 6.68. The van der Waals surface area contributed by atoms with Gasteiger partial charge in [-0.15, -0.1) is 0 Å². The van der Waals surface area contributed by atoms with E-state index in [2.05, 4.69) is 25.3 Å². The van der Waals surface area contributed by atoms with Crippen LogP contribution in [-0.2, 0) is 20.7 Å². The second-order valence-electron chi connectivity index (χ2n) is 7.96. The van der Waals surface area contributed by atoms with Crippen LogP contribution in [0.5, 0.6) is 0 Å². The minimum Gasteiger partial charge on any atom is -0.392 e. The quantitative estimate of drug-likeness (QED) is 0.166. The molecular formula is C25H26N6O4S2. The van der Waals surface area contributed by atoms with Crippen LogP contribution in [0.25, 0.3) is 11.1 Å². The number of aromatic nitrogens is 2. The summed E-state index contributed by atoms with van der Waals surface area (Å²) < 4.78 is 35.7. The summed E-state index contributed by atoms with van der Waals surface area (Å²) in [4.78, 5) is 9.86. The largest absolute Gasteiger partial charge is 0.392 e.